The third kappa shape index (κ3) is 3.86. The molecular formula is C14H18ClN3O2. The van der Waals surface area contributed by atoms with Crippen LogP contribution < -0.4 is 15.4 Å². The topological polar surface area (TPSA) is 74.1 Å². The van der Waals surface area contributed by atoms with Gasteiger partial charge < -0.3 is 15.4 Å². The second-order valence-electron chi connectivity index (χ2n) is 4.51. The summed E-state index contributed by atoms with van der Waals surface area (Å²) in [7, 11) is 1.56. The highest BCUT2D eigenvalue weighted by atomic mass is 35.5. The molecule has 1 amide bonds. The van der Waals surface area contributed by atoms with E-state index in [0.29, 0.717) is 17.9 Å². The van der Waals surface area contributed by atoms with E-state index in [4.69, 9.17) is 10.00 Å². The number of halogens is 1. The number of nitrogens with zero attached hydrogens (tertiary/aromatic N) is 1. The first-order chi connectivity index (χ1) is 9.24. The number of amides is 1. The number of benzene rings is 1. The maximum absolute atomic E-state index is 11.9. The standard InChI is InChI=1S/C14H17N3O2.ClH/c1-19-13-7-10(8-15)4-5-11(13)9-17-14(18)12-3-2-6-16-12;/h4-5,7,12,16H,2-3,6,9H2,1H3,(H,17,18);1H. The molecule has 0 spiro atoms. The fourth-order valence-corrected chi connectivity index (χ4v) is 2.17. The van der Waals surface area contributed by atoms with Crippen molar-refractivity contribution in [2.45, 2.75) is 25.4 Å². The monoisotopic (exact) mass is 295 g/mol. The molecule has 1 aromatic rings. The first kappa shape index (κ1) is 16.3. The number of nitriles is 1. The van der Waals surface area contributed by atoms with Gasteiger partial charge in [0, 0.05) is 12.1 Å². The summed E-state index contributed by atoms with van der Waals surface area (Å²) in [5.41, 5.74) is 1.41. The Hall–Kier alpha value is -1.77. The highest BCUT2D eigenvalue weighted by Gasteiger charge is 2.21. The number of ether oxygens (including phenoxy) is 1. The Morgan fingerprint density at radius 3 is 3.00 bits per heavy atom. The van der Waals surface area contributed by atoms with Crippen molar-refractivity contribution in [1.82, 2.24) is 10.6 Å². The van der Waals surface area contributed by atoms with Gasteiger partial charge in [-0.1, -0.05) is 6.07 Å². The average Bonchev–Trinajstić information content (AvgIpc) is 2.98. The molecule has 0 bridgehead atoms. The number of carbonyl (C=O) groups is 1. The Morgan fingerprint density at radius 1 is 1.60 bits per heavy atom. The zero-order valence-corrected chi connectivity index (χ0v) is 12.1. The molecule has 0 aliphatic carbocycles. The quantitative estimate of drug-likeness (QED) is 0.879. The molecule has 1 heterocycles. The SMILES string of the molecule is COc1cc(C#N)ccc1CNC(=O)C1CCCN1.Cl. The largest absolute Gasteiger partial charge is 0.496 e. The zero-order chi connectivity index (χ0) is 13.7. The van der Waals surface area contributed by atoms with Crippen molar-refractivity contribution in [1.29, 1.82) is 5.26 Å². The van der Waals surface area contributed by atoms with Crippen LogP contribution in [0.1, 0.15) is 24.0 Å². The minimum absolute atomic E-state index is 0. The van der Waals surface area contributed by atoms with E-state index in [1.807, 2.05) is 0 Å². The van der Waals surface area contributed by atoms with Gasteiger partial charge in [0.2, 0.25) is 5.91 Å². The Labute approximate surface area is 124 Å². The molecule has 1 aliphatic heterocycles. The molecule has 5 nitrogen and oxygen atoms in total. The van der Waals surface area contributed by atoms with Gasteiger partial charge in [0.15, 0.2) is 0 Å². The van der Waals surface area contributed by atoms with E-state index in [0.717, 1.165) is 24.9 Å². The molecule has 1 saturated heterocycles. The maximum Gasteiger partial charge on any atom is 0.237 e. The lowest BCUT2D eigenvalue weighted by atomic mass is 10.1. The van der Waals surface area contributed by atoms with Crippen LogP contribution in [0.3, 0.4) is 0 Å². The van der Waals surface area contributed by atoms with Crippen LogP contribution in [0, 0.1) is 11.3 Å². The number of methoxy groups -OCH3 is 1. The number of nitrogens with one attached hydrogen (secondary N) is 2. The smallest absolute Gasteiger partial charge is 0.237 e. The van der Waals surface area contributed by atoms with Crippen molar-refractivity contribution in [3.05, 3.63) is 29.3 Å². The summed E-state index contributed by atoms with van der Waals surface area (Å²) in [6.45, 7) is 1.31. The van der Waals surface area contributed by atoms with Gasteiger partial charge in [-0.05, 0) is 31.5 Å². The van der Waals surface area contributed by atoms with E-state index < -0.39 is 0 Å². The lowest BCUT2D eigenvalue weighted by Gasteiger charge is -2.13. The molecular weight excluding hydrogens is 278 g/mol. The summed E-state index contributed by atoms with van der Waals surface area (Å²) in [4.78, 5) is 11.9. The Morgan fingerprint density at radius 2 is 2.40 bits per heavy atom. The number of hydrogen-bond donors (Lipinski definition) is 2. The third-order valence-electron chi connectivity index (χ3n) is 3.25. The summed E-state index contributed by atoms with van der Waals surface area (Å²) in [5.74, 6) is 0.641. The van der Waals surface area contributed by atoms with E-state index >= 15 is 0 Å². The van der Waals surface area contributed by atoms with Crippen LogP contribution in [0.5, 0.6) is 5.75 Å². The van der Waals surface area contributed by atoms with E-state index in [1.165, 1.54) is 0 Å². The lowest BCUT2D eigenvalue weighted by Crippen LogP contribution is -2.40. The van der Waals surface area contributed by atoms with Gasteiger partial charge in [-0.2, -0.15) is 5.26 Å². The van der Waals surface area contributed by atoms with Gasteiger partial charge in [0.25, 0.3) is 0 Å². The Kier molecular flexibility index (Phi) is 6.29. The van der Waals surface area contributed by atoms with Gasteiger partial charge in [0.1, 0.15) is 5.75 Å². The molecule has 1 atom stereocenters. The number of carbonyl (C=O) groups excluding carboxylic acids is 1. The molecule has 6 heteroatoms. The molecule has 0 radical (unpaired) electrons. The minimum Gasteiger partial charge on any atom is -0.496 e. The summed E-state index contributed by atoms with van der Waals surface area (Å²) in [6, 6.07) is 7.18. The van der Waals surface area contributed by atoms with Crippen LogP contribution >= 0.6 is 12.4 Å². The van der Waals surface area contributed by atoms with Gasteiger partial charge in [-0.25, -0.2) is 0 Å². The zero-order valence-electron chi connectivity index (χ0n) is 11.3. The fraction of sp³-hybridized carbons (Fsp3) is 0.429. The number of hydrogen-bond acceptors (Lipinski definition) is 4. The van der Waals surface area contributed by atoms with Gasteiger partial charge >= 0.3 is 0 Å². The molecule has 2 rings (SSSR count). The molecule has 1 aliphatic rings. The van der Waals surface area contributed by atoms with E-state index in [2.05, 4.69) is 16.7 Å². The van der Waals surface area contributed by atoms with Crippen LogP contribution in [-0.4, -0.2) is 25.6 Å². The first-order valence-electron chi connectivity index (χ1n) is 6.32. The van der Waals surface area contributed by atoms with Crippen molar-refractivity contribution in [2.75, 3.05) is 13.7 Å². The molecule has 2 N–H and O–H groups in total. The van der Waals surface area contributed by atoms with Crippen molar-refractivity contribution in [3.63, 3.8) is 0 Å². The highest BCUT2D eigenvalue weighted by molar-refractivity contribution is 5.85. The van der Waals surface area contributed by atoms with Crippen LogP contribution in [0.2, 0.25) is 0 Å². The highest BCUT2D eigenvalue weighted by Crippen LogP contribution is 2.19. The Balaban J connectivity index is 0.00000200. The van der Waals surface area contributed by atoms with Crippen molar-refractivity contribution < 1.29 is 9.53 Å². The first-order valence-corrected chi connectivity index (χ1v) is 6.32. The minimum atomic E-state index is -0.0793. The van der Waals surface area contributed by atoms with Crippen LogP contribution in [0.4, 0.5) is 0 Å². The molecule has 0 aromatic heterocycles. The third-order valence-corrected chi connectivity index (χ3v) is 3.25. The molecule has 20 heavy (non-hydrogen) atoms. The van der Waals surface area contributed by atoms with Crippen molar-refractivity contribution in [2.24, 2.45) is 0 Å². The lowest BCUT2D eigenvalue weighted by molar-refractivity contribution is -0.122. The van der Waals surface area contributed by atoms with Crippen molar-refractivity contribution >= 4 is 18.3 Å². The second-order valence-corrected chi connectivity index (χ2v) is 4.51. The van der Waals surface area contributed by atoms with Crippen LogP contribution in [-0.2, 0) is 11.3 Å². The van der Waals surface area contributed by atoms with Gasteiger partial charge in [-0.3, -0.25) is 4.79 Å². The van der Waals surface area contributed by atoms with E-state index in [9.17, 15) is 4.79 Å². The summed E-state index contributed by atoms with van der Waals surface area (Å²) in [6.07, 6.45) is 1.93. The van der Waals surface area contributed by atoms with E-state index in [1.54, 1.807) is 25.3 Å². The van der Waals surface area contributed by atoms with Crippen LogP contribution in [0.25, 0.3) is 0 Å². The molecule has 1 fully saturated rings. The average molecular weight is 296 g/mol. The fourth-order valence-electron chi connectivity index (χ4n) is 2.17. The summed E-state index contributed by atoms with van der Waals surface area (Å²) in [5, 5.41) is 14.9. The number of rotatable bonds is 4. The second kappa shape index (κ2) is 7.73. The Bertz CT molecular complexity index is 508. The van der Waals surface area contributed by atoms with Crippen molar-refractivity contribution in [3.8, 4) is 11.8 Å². The van der Waals surface area contributed by atoms with Gasteiger partial charge in [0.05, 0.1) is 24.8 Å². The summed E-state index contributed by atoms with van der Waals surface area (Å²) >= 11 is 0. The molecule has 108 valence electrons. The molecule has 1 unspecified atom stereocenters. The van der Waals surface area contributed by atoms with Gasteiger partial charge in [-0.15, -0.1) is 12.4 Å². The predicted octanol–water partition coefficient (Wildman–Crippen LogP) is 1.36. The predicted molar refractivity (Wildman–Crippen MR) is 77.8 cm³/mol. The molecule has 1 aromatic carbocycles. The maximum atomic E-state index is 11.9. The molecule has 0 saturated carbocycles. The van der Waals surface area contributed by atoms with E-state index in [-0.39, 0.29) is 24.4 Å². The normalized spacial score (nSPS) is 16.9. The summed E-state index contributed by atoms with van der Waals surface area (Å²) < 4.78 is 5.23. The van der Waals surface area contributed by atoms with Crippen LogP contribution in [0.15, 0.2) is 18.2 Å².